The van der Waals surface area contributed by atoms with Gasteiger partial charge in [-0.25, -0.2) is 4.79 Å². The van der Waals surface area contributed by atoms with Crippen LogP contribution in [0.15, 0.2) is 42.5 Å². The van der Waals surface area contributed by atoms with E-state index >= 15 is 0 Å². The smallest absolute Gasteiger partial charge is 0.416 e. The van der Waals surface area contributed by atoms with Gasteiger partial charge in [-0.05, 0) is 42.3 Å². The van der Waals surface area contributed by atoms with Crippen molar-refractivity contribution in [3.8, 4) is 11.5 Å². The van der Waals surface area contributed by atoms with Gasteiger partial charge in [0.05, 0.1) is 25.8 Å². The summed E-state index contributed by atoms with van der Waals surface area (Å²) in [4.78, 5) is 12.0. The van der Waals surface area contributed by atoms with E-state index < -0.39 is 23.8 Å². The second kappa shape index (κ2) is 8.66. The maximum atomic E-state index is 12.6. The average Bonchev–Trinajstić information content (AvgIpc) is 2.65. The Labute approximate surface area is 155 Å². The van der Waals surface area contributed by atoms with Gasteiger partial charge in [0.1, 0.15) is 0 Å². The van der Waals surface area contributed by atoms with Crippen LogP contribution in [0.2, 0.25) is 0 Å². The number of carbonyl (C=O) groups excluding carboxylic acids is 1. The number of urea groups is 1. The number of amides is 2. The van der Waals surface area contributed by atoms with Crippen molar-refractivity contribution in [2.24, 2.45) is 0 Å². The molecule has 2 amide bonds. The molecule has 0 fully saturated rings. The number of benzene rings is 2. The predicted octanol–water partition coefficient (Wildman–Crippen LogP) is 4.28. The molecule has 0 aliphatic rings. The standard InChI is InChI=1S/C19H21F3N2O3/c1-12(14-5-7-15(8-6-14)19(20,21)22)24-18(25)23-11-13-4-9-16(26-2)17(10-13)27-3/h4-10,12H,11H2,1-3H3,(H2,23,24,25). The number of methoxy groups -OCH3 is 2. The first-order valence-corrected chi connectivity index (χ1v) is 8.17. The summed E-state index contributed by atoms with van der Waals surface area (Å²) >= 11 is 0. The average molecular weight is 382 g/mol. The van der Waals surface area contributed by atoms with Crippen LogP contribution in [0.5, 0.6) is 11.5 Å². The Morgan fingerprint density at radius 3 is 2.22 bits per heavy atom. The number of rotatable bonds is 6. The van der Waals surface area contributed by atoms with Crippen molar-refractivity contribution in [2.75, 3.05) is 14.2 Å². The normalized spacial score (nSPS) is 12.2. The number of nitrogens with one attached hydrogen (secondary N) is 2. The van der Waals surface area contributed by atoms with Gasteiger partial charge in [0.15, 0.2) is 11.5 Å². The van der Waals surface area contributed by atoms with Crippen LogP contribution in [0.25, 0.3) is 0 Å². The summed E-state index contributed by atoms with van der Waals surface area (Å²) in [5, 5.41) is 5.39. The highest BCUT2D eigenvalue weighted by Crippen LogP contribution is 2.30. The first-order valence-electron chi connectivity index (χ1n) is 8.17. The van der Waals surface area contributed by atoms with Gasteiger partial charge in [0, 0.05) is 6.54 Å². The van der Waals surface area contributed by atoms with Gasteiger partial charge in [-0.2, -0.15) is 13.2 Å². The summed E-state index contributed by atoms with van der Waals surface area (Å²) in [7, 11) is 3.05. The van der Waals surface area contributed by atoms with Gasteiger partial charge in [-0.15, -0.1) is 0 Å². The Kier molecular flexibility index (Phi) is 6.55. The quantitative estimate of drug-likeness (QED) is 0.784. The van der Waals surface area contributed by atoms with Crippen LogP contribution in [-0.4, -0.2) is 20.3 Å². The summed E-state index contributed by atoms with van der Waals surface area (Å²) in [5.41, 5.74) is 0.658. The molecule has 0 aliphatic carbocycles. The Hall–Kier alpha value is -2.90. The second-order valence-electron chi connectivity index (χ2n) is 5.86. The lowest BCUT2D eigenvalue weighted by atomic mass is 10.1. The fourth-order valence-electron chi connectivity index (χ4n) is 2.46. The number of alkyl halides is 3. The number of halogens is 3. The van der Waals surface area contributed by atoms with E-state index in [0.717, 1.165) is 17.7 Å². The minimum absolute atomic E-state index is 0.256. The van der Waals surface area contributed by atoms with Crippen molar-refractivity contribution in [1.29, 1.82) is 0 Å². The lowest BCUT2D eigenvalue weighted by molar-refractivity contribution is -0.137. The lowest BCUT2D eigenvalue weighted by Gasteiger charge is -2.16. The SMILES string of the molecule is COc1ccc(CNC(=O)NC(C)c2ccc(C(F)(F)F)cc2)cc1OC. The van der Waals surface area contributed by atoms with Gasteiger partial charge >= 0.3 is 12.2 Å². The molecule has 1 atom stereocenters. The molecule has 0 aliphatic heterocycles. The van der Waals surface area contributed by atoms with Crippen molar-refractivity contribution >= 4 is 6.03 Å². The van der Waals surface area contributed by atoms with Crippen molar-refractivity contribution in [3.63, 3.8) is 0 Å². The van der Waals surface area contributed by atoms with E-state index in [1.165, 1.54) is 26.4 Å². The molecule has 0 aromatic heterocycles. The molecule has 0 bridgehead atoms. The molecule has 0 saturated heterocycles. The van der Waals surface area contributed by atoms with Gasteiger partial charge in [-0.1, -0.05) is 18.2 Å². The monoisotopic (exact) mass is 382 g/mol. The van der Waals surface area contributed by atoms with E-state index in [4.69, 9.17) is 9.47 Å². The molecule has 27 heavy (non-hydrogen) atoms. The van der Waals surface area contributed by atoms with Gasteiger partial charge < -0.3 is 20.1 Å². The molecule has 1 unspecified atom stereocenters. The molecular weight excluding hydrogens is 361 g/mol. The van der Waals surface area contributed by atoms with Crippen LogP contribution in [0.4, 0.5) is 18.0 Å². The molecule has 2 aromatic rings. The molecule has 5 nitrogen and oxygen atoms in total. The topological polar surface area (TPSA) is 59.6 Å². The fourth-order valence-corrected chi connectivity index (χ4v) is 2.46. The summed E-state index contributed by atoms with van der Waals surface area (Å²) in [6.07, 6.45) is -4.38. The Balaban J connectivity index is 1.91. The van der Waals surface area contributed by atoms with E-state index in [0.29, 0.717) is 17.1 Å². The number of hydrogen-bond donors (Lipinski definition) is 2. The summed E-state index contributed by atoms with van der Waals surface area (Å²) in [5.74, 6) is 1.14. The zero-order valence-corrected chi connectivity index (χ0v) is 15.2. The third kappa shape index (κ3) is 5.54. The van der Waals surface area contributed by atoms with Crippen molar-refractivity contribution < 1.29 is 27.4 Å². The first kappa shape index (κ1) is 20.4. The minimum Gasteiger partial charge on any atom is -0.493 e. The van der Waals surface area contributed by atoms with Gasteiger partial charge in [0.25, 0.3) is 0 Å². The third-order valence-electron chi connectivity index (χ3n) is 3.99. The summed E-state index contributed by atoms with van der Waals surface area (Å²) < 4.78 is 48.2. The fraction of sp³-hybridized carbons (Fsp3) is 0.316. The maximum absolute atomic E-state index is 12.6. The first-order chi connectivity index (χ1) is 12.7. The largest absolute Gasteiger partial charge is 0.493 e. The van der Waals surface area contributed by atoms with Crippen LogP contribution < -0.4 is 20.1 Å². The van der Waals surface area contributed by atoms with Crippen LogP contribution in [0.1, 0.15) is 29.7 Å². The molecule has 2 N–H and O–H groups in total. The summed E-state index contributed by atoms with van der Waals surface area (Å²) in [6, 6.07) is 9.08. The molecule has 2 rings (SSSR count). The Bertz CT molecular complexity index is 777. The van der Waals surface area contributed by atoms with Gasteiger partial charge in [-0.3, -0.25) is 0 Å². The lowest BCUT2D eigenvalue weighted by Crippen LogP contribution is -2.36. The third-order valence-corrected chi connectivity index (χ3v) is 3.99. The molecule has 0 saturated carbocycles. The Morgan fingerprint density at radius 2 is 1.67 bits per heavy atom. The highest BCUT2D eigenvalue weighted by molar-refractivity contribution is 5.74. The molecule has 146 valence electrons. The number of carbonyl (C=O) groups is 1. The molecule has 0 heterocycles. The molecule has 0 radical (unpaired) electrons. The van der Waals surface area contributed by atoms with E-state index in [1.807, 2.05) is 0 Å². The highest BCUT2D eigenvalue weighted by atomic mass is 19.4. The zero-order chi connectivity index (χ0) is 20.0. The number of hydrogen-bond acceptors (Lipinski definition) is 3. The van der Waals surface area contributed by atoms with E-state index in [-0.39, 0.29) is 6.54 Å². The number of ether oxygens (including phenoxy) is 2. The van der Waals surface area contributed by atoms with Crippen molar-refractivity contribution in [1.82, 2.24) is 10.6 Å². The zero-order valence-electron chi connectivity index (χ0n) is 15.2. The van der Waals surface area contributed by atoms with Crippen LogP contribution in [0, 0.1) is 0 Å². The van der Waals surface area contributed by atoms with Crippen molar-refractivity contribution in [3.05, 3.63) is 59.2 Å². The van der Waals surface area contributed by atoms with Crippen LogP contribution in [-0.2, 0) is 12.7 Å². The Morgan fingerprint density at radius 1 is 1.04 bits per heavy atom. The highest BCUT2D eigenvalue weighted by Gasteiger charge is 2.30. The van der Waals surface area contributed by atoms with Crippen LogP contribution in [0.3, 0.4) is 0 Å². The minimum atomic E-state index is -4.38. The predicted molar refractivity (Wildman–Crippen MR) is 94.8 cm³/mol. The maximum Gasteiger partial charge on any atom is 0.416 e. The molecule has 2 aromatic carbocycles. The molecular formula is C19H21F3N2O3. The second-order valence-corrected chi connectivity index (χ2v) is 5.86. The molecule has 8 heteroatoms. The van der Waals surface area contributed by atoms with E-state index in [1.54, 1.807) is 25.1 Å². The van der Waals surface area contributed by atoms with Crippen LogP contribution >= 0.6 is 0 Å². The van der Waals surface area contributed by atoms with Gasteiger partial charge in [0.2, 0.25) is 0 Å². The molecule has 0 spiro atoms. The summed E-state index contributed by atoms with van der Waals surface area (Å²) in [6.45, 7) is 1.95. The van der Waals surface area contributed by atoms with E-state index in [2.05, 4.69) is 10.6 Å². The van der Waals surface area contributed by atoms with E-state index in [9.17, 15) is 18.0 Å². The van der Waals surface area contributed by atoms with Crippen molar-refractivity contribution in [2.45, 2.75) is 25.7 Å².